The molecule has 1 aromatic heterocycles. The Morgan fingerprint density at radius 2 is 1.49 bits per heavy atom. The molecule has 0 radical (unpaired) electrons. The molecule has 0 fully saturated rings. The van der Waals surface area contributed by atoms with Crippen LogP contribution in [-0.2, 0) is 9.59 Å². The van der Waals surface area contributed by atoms with Crippen molar-refractivity contribution in [3.63, 3.8) is 0 Å². The number of thioether (sulfide) groups is 1. The number of nitrogens with zero attached hydrogens (tertiary/aromatic N) is 1. The van der Waals surface area contributed by atoms with Crippen LogP contribution in [0.25, 0.3) is 17.3 Å². The predicted molar refractivity (Wildman–Crippen MR) is 185 cm³/mol. The number of thiazole rings is 1. The lowest BCUT2D eigenvalue weighted by atomic mass is 10.1. The molecule has 0 spiro atoms. The summed E-state index contributed by atoms with van der Waals surface area (Å²) >= 11 is 9.16. The lowest BCUT2D eigenvalue weighted by Gasteiger charge is -2.13. The Labute approximate surface area is 274 Å². The van der Waals surface area contributed by atoms with E-state index >= 15 is 0 Å². The van der Waals surface area contributed by atoms with Crippen molar-refractivity contribution < 1.29 is 14.4 Å². The summed E-state index contributed by atoms with van der Waals surface area (Å²) in [5.41, 5.74) is 3.42. The van der Waals surface area contributed by atoms with Crippen molar-refractivity contribution in [2.45, 2.75) is 24.0 Å². The molecule has 5 rings (SSSR count). The van der Waals surface area contributed by atoms with E-state index in [4.69, 9.17) is 11.6 Å². The summed E-state index contributed by atoms with van der Waals surface area (Å²) in [5, 5.41) is 9.09. The zero-order valence-corrected chi connectivity index (χ0v) is 26.8. The number of carbonyl (C=O) groups is 3. The van der Waals surface area contributed by atoms with Gasteiger partial charge in [0.15, 0.2) is 5.13 Å². The largest absolute Gasteiger partial charge is 0.321 e. The maximum atomic E-state index is 13.3. The standard InChI is InChI=1S/C35H29ClN4O3S2/c1-22-31(24-11-5-3-6-12-24)39-35(45-22)40-32(41)23(2)44-28-19-17-27(18-20-28)37-34(43)30(21-26-15-9-10-16-29(26)36)38-33(42)25-13-7-4-8-14-25/h3-21,23H,1-2H3,(H,37,43)(H,38,42)(H,39,40,41)/b30-21-. The first-order chi connectivity index (χ1) is 21.8. The van der Waals surface area contributed by atoms with Crippen molar-refractivity contribution in [3.8, 4) is 11.3 Å². The van der Waals surface area contributed by atoms with Gasteiger partial charge < -0.3 is 16.0 Å². The zero-order chi connectivity index (χ0) is 31.8. The first-order valence-corrected chi connectivity index (χ1v) is 16.1. The monoisotopic (exact) mass is 652 g/mol. The van der Waals surface area contributed by atoms with Crippen molar-refractivity contribution in [2.24, 2.45) is 0 Å². The molecule has 7 nitrogen and oxygen atoms in total. The van der Waals surface area contributed by atoms with Crippen molar-refractivity contribution in [2.75, 3.05) is 10.6 Å². The van der Waals surface area contributed by atoms with E-state index in [2.05, 4.69) is 20.9 Å². The van der Waals surface area contributed by atoms with E-state index in [0.29, 0.717) is 27.0 Å². The van der Waals surface area contributed by atoms with Crippen LogP contribution in [0.2, 0.25) is 5.02 Å². The van der Waals surface area contributed by atoms with E-state index in [9.17, 15) is 14.4 Å². The molecule has 5 aromatic rings. The van der Waals surface area contributed by atoms with Gasteiger partial charge in [-0.1, -0.05) is 78.3 Å². The molecule has 45 heavy (non-hydrogen) atoms. The molecule has 0 aliphatic rings. The van der Waals surface area contributed by atoms with E-state index < -0.39 is 17.1 Å². The van der Waals surface area contributed by atoms with Gasteiger partial charge in [0, 0.05) is 31.6 Å². The number of aryl methyl sites for hydroxylation is 1. The number of anilines is 2. The minimum atomic E-state index is -0.513. The molecule has 1 heterocycles. The number of aromatic nitrogens is 1. The summed E-state index contributed by atoms with van der Waals surface area (Å²) in [6.07, 6.45) is 1.54. The van der Waals surface area contributed by atoms with Crippen LogP contribution in [0.15, 0.2) is 120 Å². The van der Waals surface area contributed by atoms with Crippen molar-refractivity contribution in [1.82, 2.24) is 10.3 Å². The van der Waals surface area contributed by atoms with Gasteiger partial charge in [0.2, 0.25) is 5.91 Å². The van der Waals surface area contributed by atoms with Crippen LogP contribution in [-0.4, -0.2) is 28.0 Å². The molecule has 0 saturated carbocycles. The molecule has 0 aliphatic heterocycles. The van der Waals surface area contributed by atoms with Crippen molar-refractivity contribution >= 4 is 69.3 Å². The Morgan fingerprint density at radius 3 is 2.18 bits per heavy atom. The van der Waals surface area contributed by atoms with Gasteiger partial charge in [-0.3, -0.25) is 14.4 Å². The summed E-state index contributed by atoms with van der Waals surface area (Å²) in [4.78, 5) is 45.7. The Hall–Kier alpha value is -4.70. The van der Waals surface area contributed by atoms with Gasteiger partial charge in [-0.25, -0.2) is 4.98 Å². The molecule has 0 saturated heterocycles. The number of halogens is 1. The molecule has 10 heteroatoms. The highest BCUT2D eigenvalue weighted by molar-refractivity contribution is 8.00. The van der Waals surface area contributed by atoms with Crippen LogP contribution in [0.5, 0.6) is 0 Å². The quantitative estimate of drug-likeness (QED) is 0.104. The van der Waals surface area contributed by atoms with Gasteiger partial charge in [0.05, 0.1) is 10.9 Å². The van der Waals surface area contributed by atoms with E-state index in [1.807, 2.05) is 62.4 Å². The predicted octanol–water partition coefficient (Wildman–Crippen LogP) is 8.30. The smallest absolute Gasteiger partial charge is 0.272 e. The van der Waals surface area contributed by atoms with Gasteiger partial charge in [0.25, 0.3) is 11.8 Å². The first-order valence-electron chi connectivity index (χ1n) is 14.0. The molecule has 1 unspecified atom stereocenters. The number of carbonyl (C=O) groups excluding carboxylic acids is 3. The van der Waals surface area contributed by atoms with Crippen LogP contribution in [0.1, 0.15) is 27.7 Å². The minimum absolute atomic E-state index is 0.0357. The van der Waals surface area contributed by atoms with Crippen LogP contribution < -0.4 is 16.0 Å². The Morgan fingerprint density at radius 1 is 0.844 bits per heavy atom. The summed E-state index contributed by atoms with van der Waals surface area (Å²) in [6.45, 7) is 3.82. The number of amides is 3. The second-order valence-electron chi connectivity index (χ2n) is 9.92. The highest BCUT2D eigenvalue weighted by Gasteiger charge is 2.19. The first kappa shape index (κ1) is 31.7. The normalized spacial score (nSPS) is 11.8. The van der Waals surface area contributed by atoms with Gasteiger partial charge >= 0.3 is 0 Å². The second kappa shape index (κ2) is 14.9. The van der Waals surface area contributed by atoms with Crippen LogP contribution in [0.3, 0.4) is 0 Å². The van der Waals surface area contributed by atoms with Crippen molar-refractivity contribution in [1.29, 1.82) is 0 Å². The zero-order valence-electron chi connectivity index (χ0n) is 24.4. The third-order valence-electron chi connectivity index (χ3n) is 6.60. The van der Waals surface area contributed by atoms with E-state index in [-0.39, 0.29) is 11.6 Å². The third kappa shape index (κ3) is 8.48. The Balaban J connectivity index is 1.23. The number of rotatable bonds is 10. The molecule has 0 bridgehead atoms. The Kier molecular flexibility index (Phi) is 10.5. The average Bonchev–Trinajstić information content (AvgIpc) is 3.42. The highest BCUT2D eigenvalue weighted by atomic mass is 35.5. The lowest BCUT2D eigenvalue weighted by molar-refractivity contribution is -0.115. The van der Waals surface area contributed by atoms with Crippen molar-refractivity contribution in [3.05, 3.63) is 136 Å². The number of benzene rings is 4. The fourth-order valence-electron chi connectivity index (χ4n) is 4.28. The number of hydrogen-bond acceptors (Lipinski definition) is 6. The average molecular weight is 653 g/mol. The van der Waals surface area contributed by atoms with Crippen LogP contribution >= 0.6 is 34.7 Å². The molecular formula is C35H29ClN4O3S2. The van der Waals surface area contributed by atoms with Gasteiger partial charge in [-0.2, -0.15) is 0 Å². The fraction of sp³-hybridized carbons (Fsp3) is 0.0857. The summed E-state index contributed by atoms with van der Waals surface area (Å²) in [7, 11) is 0. The Bertz CT molecular complexity index is 1840. The molecule has 1 atom stereocenters. The fourth-order valence-corrected chi connectivity index (χ4v) is 6.18. The molecular weight excluding hydrogens is 624 g/mol. The molecule has 3 N–H and O–H groups in total. The maximum absolute atomic E-state index is 13.3. The number of nitrogens with one attached hydrogen (secondary N) is 3. The lowest BCUT2D eigenvalue weighted by Crippen LogP contribution is -2.30. The third-order valence-corrected chi connectivity index (χ3v) is 8.94. The summed E-state index contributed by atoms with van der Waals surface area (Å²) < 4.78 is 0. The summed E-state index contributed by atoms with van der Waals surface area (Å²) in [6, 6.07) is 32.7. The van der Waals surface area contributed by atoms with E-state index in [1.165, 1.54) is 29.2 Å². The summed E-state index contributed by atoms with van der Waals surface area (Å²) in [5.74, 6) is -1.09. The van der Waals surface area contributed by atoms with Gasteiger partial charge in [-0.15, -0.1) is 23.1 Å². The van der Waals surface area contributed by atoms with E-state index in [0.717, 1.165) is 21.0 Å². The second-order valence-corrected chi connectivity index (χ2v) is 12.9. The highest BCUT2D eigenvalue weighted by Crippen LogP contribution is 2.31. The van der Waals surface area contributed by atoms with Crippen LogP contribution in [0.4, 0.5) is 10.8 Å². The molecule has 4 aromatic carbocycles. The van der Waals surface area contributed by atoms with Crippen LogP contribution in [0, 0.1) is 6.92 Å². The maximum Gasteiger partial charge on any atom is 0.272 e. The van der Waals surface area contributed by atoms with E-state index in [1.54, 1.807) is 60.7 Å². The SMILES string of the molecule is Cc1sc(NC(=O)C(C)Sc2ccc(NC(=O)/C(=C/c3ccccc3Cl)NC(=O)c3ccccc3)cc2)nc1-c1ccccc1. The topological polar surface area (TPSA) is 100 Å². The minimum Gasteiger partial charge on any atom is -0.321 e. The molecule has 3 amide bonds. The van der Waals surface area contributed by atoms with Gasteiger partial charge in [-0.05, 0) is 68.0 Å². The number of hydrogen-bond donors (Lipinski definition) is 3. The van der Waals surface area contributed by atoms with Gasteiger partial charge in [0.1, 0.15) is 5.70 Å². The molecule has 0 aliphatic carbocycles. The molecule has 226 valence electrons.